The van der Waals surface area contributed by atoms with Gasteiger partial charge in [-0.15, -0.1) is 0 Å². The largest absolute Gasteiger partial charge is 0.359 e. The zero-order valence-corrected chi connectivity index (χ0v) is 12.7. The summed E-state index contributed by atoms with van der Waals surface area (Å²) in [5.74, 6) is 4.21. The highest BCUT2D eigenvalue weighted by Crippen LogP contribution is 2.61. The monoisotopic (exact) mass is 274 g/mol. The first-order valence-corrected chi connectivity index (χ1v) is 8.30. The lowest BCUT2D eigenvalue weighted by molar-refractivity contribution is -0.00890. The second kappa shape index (κ2) is 4.33. The molecule has 4 aliphatic carbocycles. The minimum Gasteiger partial charge on any atom is -0.359 e. The highest BCUT2D eigenvalue weighted by atomic mass is 16.5. The van der Waals surface area contributed by atoms with Gasteiger partial charge in [0.1, 0.15) is 0 Å². The van der Waals surface area contributed by atoms with Crippen LogP contribution >= 0.6 is 0 Å². The number of hydrogen-bond donors (Lipinski definition) is 1. The van der Waals surface area contributed by atoms with Gasteiger partial charge in [-0.05, 0) is 62.2 Å². The highest BCUT2D eigenvalue weighted by Gasteiger charge is 2.54. The molecule has 1 aromatic heterocycles. The maximum Gasteiger partial charge on any atom is 0.153 e. The SMILES string of the molecule is CC(C)c1c(C23CC4CC(CC(C4)C2)C3)noc1CN. The zero-order chi connectivity index (χ0) is 13.9. The van der Waals surface area contributed by atoms with Crippen LogP contribution in [0.4, 0.5) is 0 Å². The molecule has 1 heterocycles. The van der Waals surface area contributed by atoms with Crippen molar-refractivity contribution >= 4 is 0 Å². The van der Waals surface area contributed by atoms with Gasteiger partial charge >= 0.3 is 0 Å². The standard InChI is InChI=1S/C17H26N2O/c1-10(2)15-14(9-18)20-19-16(15)17-6-11-3-12(7-17)5-13(4-11)8-17/h10-13H,3-9,18H2,1-2H3. The van der Waals surface area contributed by atoms with Crippen molar-refractivity contribution in [2.45, 2.75) is 70.3 Å². The summed E-state index contributed by atoms with van der Waals surface area (Å²) in [5.41, 5.74) is 8.80. The molecule has 0 spiro atoms. The van der Waals surface area contributed by atoms with Gasteiger partial charge in [-0.1, -0.05) is 19.0 Å². The van der Waals surface area contributed by atoms with Gasteiger partial charge in [-0.3, -0.25) is 0 Å². The van der Waals surface area contributed by atoms with Crippen LogP contribution in [-0.4, -0.2) is 5.16 Å². The zero-order valence-electron chi connectivity index (χ0n) is 12.7. The summed E-state index contributed by atoms with van der Waals surface area (Å²) in [6, 6.07) is 0. The van der Waals surface area contributed by atoms with Crippen molar-refractivity contribution in [3.63, 3.8) is 0 Å². The maximum atomic E-state index is 5.86. The molecule has 4 aliphatic rings. The van der Waals surface area contributed by atoms with E-state index in [0.717, 1.165) is 23.5 Å². The molecule has 4 bridgehead atoms. The summed E-state index contributed by atoms with van der Waals surface area (Å²) in [6.07, 6.45) is 8.44. The summed E-state index contributed by atoms with van der Waals surface area (Å²) < 4.78 is 5.62. The molecule has 3 nitrogen and oxygen atoms in total. The molecule has 0 unspecified atom stereocenters. The molecule has 3 heteroatoms. The predicted molar refractivity (Wildman–Crippen MR) is 78.3 cm³/mol. The Morgan fingerprint density at radius 1 is 1.15 bits per heavy atom. The first-order chi connectivity index (χ1) is 9.61. The minimum atomic E-state index is 0.325. The quantitative estimate of drug-likeness (QED) is 0.913. The van der Waals surface area contributed by atoms with E-state index >= 15 is 0 Å². The molecule has 5 rings (SSSR count). The molecular formula is C17H26N2O. The second-order valence-corrected chi connectivity index (χ2v) is 7.92. The van der Waals surface area contributed by atoms with Crippen LogP contribution in [0.2, 0.25) is 0 Å². The van der Waals surface area contributed by atoms with Crippen LogP contribution in [0.25, 0.3) is 0 Å². The van der Waals surface area contributed by atoms with Crippen LogP contribution in [0.5, 0.6) is 0 Å². The van der Waals surface area contributed by atoms with Crippen molar-refractivity contribution in [1.82, 2.24) is 5.16 Å². The molecule has 0 atom stereocenters. The molecule has 0 aliphatic heterocycles. The highest BCUT2D eigenvalue weighted by molar-refractivity contribution is 5.35. The lowest BCUT2D eigenvalue weighted by atomic mass is 9.48. The fourth-order valence-corrected chi connectivity index (χ4v) is 5.86. The van der Waals surface area contributed by atoms with E-state index in [4.69, 9.17) is 10.3 Å². The molecule has 4 saturated carbocycles. The Balaban J connectivity index is 1.79. The summed E-state index contributed by atoms with van der Waals surface area (Å²) in [4.78, 5) is 0. The average Bonchev–Trinajstić information content (AvgIpc) is 2.81. The molecule has 110 valence electrons. The summed E-state index contributed by atoms with van der Waals surface area (Å²) in [5, 5.41) is 4.54. The van der Waals surface area contributed by atoms with E-state index in [9.17, 15) is 0 Å². The lowest BCUT2D eigenvalue weighted by Gasteiger charge is -2.56. The molecule has 20 heavy (non-hydrogen) atoms. The van der Waals surface area contributed by atoms with E-state index in [1.54, 1.807) is 0 Å². The van der Waals surface area contributed by atoms with Gasteiger partial charge in [-0.25, -0.2) is 0 Å². The van der Waals surface area contributed by atoms with Gasteiger partial charge in [0.15, 0.2) is 5.76 Å². The third kappa shape index (κ3) is 1.71. The van der Waals surface area contributed by atoms with E-state index in [-0.39, 0.29) is 0 Å². The van der Waals surface area contributed by atoms with Crippen LogP contribution in [0.3, 0.4) is 0 Å². The molecule has 0 saturated heterocycles. The third-order valence-corrected chi connectivity index (χ3v) is 6.11. The van der Waals surface area contributed by atoms with Crippen molar-refractivity contribution < 1.29 is 4.52 Å². The Morgan fingerprint density at radius 3 is 2.15 bits per heavy atom. The van der Waals surface area contributed by atoms with Crippen molar-refractivity contribution in [2.75, 3.05) is 0 Å². The van der Waals surface area contributed by atoms with Gasteiger partial charge in [0, 0.05) is 11.0 Å². The molecule has 2 N–H and O–H groups in total. The van der Waals surface area contributed by atoms with Gasteiger partial charge in [-0.2, -0.15) is 0 Å². The Kier molecular flexibility index (Phi) is 2.79. The maximum absolute atomic E-state index is 5.86. The van der Waals surface area contributed by atoms with Crippen molar-refractivity contribution in [2.24, 2.45) is 23.5 Å². The molecular weight excluding hydrogens is 248 g/mol. The summed E-state index contributed by atoms with van der Waals surface area (Å²) >= 11 is 0. The molecule has 0 radical (unpaired) electrons. The predicted octanol–water partition coefficient (Wildman–Crippen LogP) is 3.72. The Morgan fingerprint density at radius 2 is 1.70 bits per heavy atom. The number of nitrogens with two attached hydrogens (primary N) is 1. The molecule has 1 aromatic rings. The van der Waals surface area contributed by atoms with Crippen molar-refractivity contribution in [1.29, 1.82) is 0 Å². The second-order valence-electron chi connectivity index (χ2n) is 7.92. The van der Waals surface area contributed by atoms with Crippen LogP contribution in [0, 0.1) is 17.8 Å². The fraction of sp³-hybridized carbons (Fsp3) is 0.824. The topological polar surface area (TPSA) is 52.0 Å². The van der Waals surface area contributed by atoms with E-state index in [1.807, 2.05) is 0 Å². The van der Waals surface area contributed by atoms with Gasteiger partial charge < -0.3 is 10.3 Å². The average molecular weight is 274 g/mol. The summed E-state index contributed by atoms with van der Waals surface area (Å²) in [7, 11) is 0. The molecule has 0 amide bonds. The first kappa shape index (κ1) is 12.9. The minimum absolute atomic E-state index is 0.325. The van der Waals surface area contributed by atoms with Crippen molar-refractivity contribution in [3.8, 4) is 0 Å². The van der Waals surface area contributed by atoms with Crippen LogP contribution in [0.15, 0.2) is 4.52 Å². The van der Waals surface area contributed by atoms with E-state index < -0.39 is 0 Å². The summed E-state index contributed by atoms with van der Waals surface area (Å²) in [6.45, 7) is 4.97. The Bertz CT molecular complexity index is 482. The van der Waals surface area contributed by atoms with Crippen molar-refractivity contribution in [3.05, 3.63) is 17.0 Å². The number of hydrogen-bond acceptors (Lipinski definition) is 3. The van der Waals surface area contributed by atoms with E-state index in [2.05, 4.69) is 19.0 Å². The van der Waals surface area contributed by atoms with Gasteiger partial charge in [0.25, 0.3) is 0 Å². The molecule has 4 fully saturated rings. The first-order valence-electron chi connectivity index (χ1n) is 8.30. The fourth-order valence-electron chi connectivity index (χ4n) is 5.86. The van der Waals surface area contributed by atoms with Crippen LogP contribution < -0.4 is 5.73 Å². The molecule has 0 aromatic carbocycles. The number of rotatable bonds is 3. The van der Waals surface area contributed by atoms with Gasteiger partial charge in [0.05, 0.1) is 12.2 Å². The normalized spacial score (nSPS) is 38.9. The van der Waals surface area contributed by atoms with Crippen LogP contribution in [-0.2, 0) is 12.0 Å². The smallest absolute Gasteiger partial charge is 0.153 e. The van der Waals surface area contributed by atoms with Gasteiger partial charge in [0.2, 0.25) is 0 Å². The lowest BCUT2D eigenvalue weighted by Crippen LogP contribution is -2.49. The Hall–Kier alpha value is -0.830. The van der Waals surface area contributed by atoms with E-state index in [0.29, 0.717) is 17.9 Å². The van der Waals surface area contributed by atoms with Crippen LogP contribution in [0.1, 0.15) is 75.3 Å². The number of aromatic nitrogens is 1. The van der Waals surface area contributed by atoms with E-state index in [1.165, 1.54) is 49.8 Å². The Labute approximate surface area is 121 Å². The third-order valence-electron chi connectivity index (χ3n) is 6.11. The number of nitrogens with zero attached hydrogens (tertiary/aromatic N) is 1.